The Kier molecular flexibility index (Phi) is 7.39. The van der Waals surface area contributed by atoms with Crippen LogP contribution in [0.3, 0.4) is 0 Å². The first-order valence-electron chi connectivity index (χ1n) is 11.3. The highest BCUT2D eigenvalue weighted by atomic mass is 16.5. The Morgan fingerprint density at radius 1 is 1.20 bits per heavy atom. The molecule has 2 saturated heterocycles. The second kappa shape index (κ2) is 10.4. The molecule has 0 bridgehead atoms. The van der Waals surface area contributed by atoms with Crippen molar-refractivity contribution in [3.05, 3.63) is 48.0 Å². The molecule has 162 valence electrons. The molecule has 2 aliphatic heterocycles. The zero-order valence-corrected chi connectivity index (χ0v) is 18.0. The summed E-state index contributed by atoms with van der Waals surface area (Å²) < 4.78 is 11.4. The van der Waals surface area contributed by atoms with E-state index in [0.29, 0.717) is 19.2 Å². The minimum absolute atomic E-state index is 0.315. The number of likely N-dealkylation sites (tertiary alicyclic amines) is 1. The van der Waals surface area contributed by atoms with Crippen molar-refractivity contribution in [1.82, 2.24) is 9.80 Å². The topological polar surface area (TPSA) is 45.2 Å². The summed E-state index contributed by atoms with van der Waals surface area (Å²) in [4.78, 5) is 4.82. The fourth-order valence-corrected chi connectivity index (χ4v) is 4.32. The van der Waals surface area contributed by atoms with Crippen LogP contribution in [0.2, 0.25) is 0 Å². The molecule has 2 aliphatic rings. The molecular weight excluding hydrogens is 376 g/mol. The van der Waals surface area contributed by atoms with Gasteiger partial charge in [-0.25, -0.2) is 0 Å². The number of nitrogens with zero attached hydrogens (tertiary/aromatic N) is 2. The molecule has 0 aromatic heterocycles. The average molecular weight is 411 g/mol. The molecule has 0 saturated carbocycles. The van der Waals surface area contributed by atoms with E-state index < -0.39 is 6.10 Å². The second-order valence-electron chi connectivity index (χ2n) is 8.41. The predicted molar refractivity (Wildman–Crippen MR) is 122 cm³/mol. The maximum absolute atomic E-state index is 10.5. The molecule has 0 radical (unpaired) electrons. The third-order valence-corrected chi connectivity index (χ3v) is 6.03. The number of allylic oxidation sites excluding steroid dienone is 1. The van der Waals surface area contributed by atoms with E-state index in [4.69, 9.17) is 9.47 Å². The maximum atomic E-state index is 10.5. The molecule has 0 amide bonds. The lowest BCUT2D eigenvalue weighted by molar-refractivity contribution is -0.0461. The Bertz CT molecular complexity index is 841. The predicted octanol–water partition coefficient (Wildman–Crippen LogP) is 3.41. The Morgan fingerprint density at radius 3 is 2.80 bits per heavy atom. The molecule has 4 rings (SSSR count). The normalized spacial score (nSPS) is 19.9. The highest BCUT2D eigenvalue weighted by Crippen LogP contribution is 2.27. The van der Waals surface area contributed by atoms with Crippen molar-refractivity contribution < 1.29 is 14.6 Å². The van der Waals surface area contributed by atoms with Gasteiger partial charge in [0.1, 0.15) is 18.5 Å². The van der Waals surface area contributed by atoms with Gasteiger partial charge in [-0.1, -0.05) is 49.8 Å². The first kappa shape index (κ1) is 21.3. The van der Waals surface area contributed by atoms with Crippen LogP contribution in [-0.2, 0) is 4.74 Å². The highest BCUT2D eigenvalue weighted by Gasteiger charge is 2.33. The molecule has 2 aromatic rings. The highest BCUT2D eigenvalue weighted by molar-refractivity contribution is 5.91. The lowest BCUT2D eigenvalue weighted by Crippen LogP contribution is -2.62. The number of hydrogen-bond acceptors (Lipinski definition) is 5. The van der Waals surface area contributed by atoms with E-state index in [9.17, 15) is 5.11 Å². The fraction of sp³-hybridized carbons (Fsp3) is 0.520. The van der Waals surface area contributed by atoms with Gasteiger partial charge in [0.2, 0.25) is 0 Å². The van der Waals surface area contributed by atoms with Crippen molar-refractivity contribution in [3.8, 4) is 5.75 Å². The molecule has 1 unspecified atom stereocenters. The van der Waals surface area contributed by atoms with Crippen molar-refractivity contribution in [2.24, 2.45) is 0 Å². The van der Waals surface area contributed by atoms with Crippen molar-refractivity contribution in [1.29, 1.82) is 0 Å². The lowest BCUT2D eigenvalue weighted by Gasteiger charge is -2.47. The molecule has 5 nitrogen and oxygen atoms in total. The van der Waals surface area contributed by atoms with Gasteiger partial charge in [-0.15, -0.1) is 0 Å². The third-order valence-electron chi connectivity index (χ3n) is 6.03. The van der Waals surface area contributed by atoms with E-state index in [1.165, 1.54) is 10.9 Å². The van der Waals surface area contributed by atoms with Crippen LogP contribution in [0.5, 0.6) is 5.75 Å². The SMILES string of the molecule is CCC/C=C/c1cc(OCC(O)CN2CC(N3CCOCC3)C2)cc2ccccc12. The van der Waals surface area contributed by atoms with E-state index in [2.05, 4.69) is 65.3 Å². The van der Waals surface area contributed by atoms with E-state index in [1.807, 2.05) is 0 Å². The monoisotopic (exact) mass is 410 g/mol. The molecular formula is C25H34N2O3. The van der Waals surface area contributed by atoms with Crippen LogP contribution in [0.15, 0.2) is 42.5 Å². The Balaban J connectivity index is 1.30. The molecule has 5 heteroatoms. The van der Waals surface area contributed by atoms with E-state index in [0.717, 1.165) is 63.4 Å². The molecule has 0 spiro atoms. The number of rotatable bonds is 9. The van der Waals surface area contributed by atoms with Crippen molar-refractivity contribution in [3.63, 3.8) is 0 Å². The van der Waals surface area contributed by atoms with Gasteiger partial charge in [-0.2, -0.15) is 0 Å². The molecule has 1 atom stereocenters. The smallest absolute Gasteiger partial charge is 0.120 e. The Morgan fingerprint density at radius 2 is 2.00 bits per heavy atom. The van der Waals surface area contributed by atoms with Gasteiger partial charge < -0.3 is 14.6 Å². The summed E-state index contributed by atoms with van der Waals surface area (Å²) >= 11 is 0. The molecule has 2 fully saturated rings. The number of fused-ring (bicyclic) bond motifs is 1. The molecule has 30 heavy (non-hydrogen) atoms. The number of hydrogen-bond donors (Lipinski definition) is 1. The Hall–Kier alpha value is -1.92. The van der Waals surface area contributed by atoms with Crippen LogP contribution >= 0.6 is 0 Å². The van der Waals surface area contributed by atoms with Gasteiger partial charge in [0.25, 0.3) is 0 Å². The van der Waals surface area contributed by atoms with Gasteiger partial charge in [0.15, 0.2) is 0 Å². The van der Waals surface area contributed by atoms with Crippen molar-refractivity contribution in [2.75, 3.05) is 52.5 Å². The van der Waals surface area contributed by atoms with Crippen LogP contribution in [0, 0.1) is 0 Å². The quantitative estimate of drug-likeness (QED) is 0.686. The number of aliphatic hydroxyl groups excluding tert-OH is 1. The molecule has 0 aliphatic carbocycles. The Labute approximate surface area is 179 Å². The van der Waals surface area contributed by atoms with Crippen LogP contribution < -0.4 is 4.74 Å². The second-order valence-corrected chi connectivity index (χ2v) is 8.41. The van der Waals surface area contributed by atoms with E-state index >= 15 is 0 Å². The largest absolute Gasteiger partial charge is 0.491 e. The molecule has 1 N–H and O–H groups in total. The number of benzene rings is 2. The molecule has 2 heterocycles. The average Bonchev–Trinajstić information content (AvgIpc) is 2.75. The zero-order chi connectivity index (χ0) is 20.8. The maximum Gasteiger partial charge on any atom is 0.120 e. The van der Waals surface area contributed by atoms with Crippen LogP contribution in [0.1, 0.15) is 25.3 Å². The number of ether oxygens (including phenoxy) is 2. The van der Waals surface area contributed by atoms with Crippen molar-refractivity contribution in [2.45, 2.75) is 31.9 Å². The number of morpholine rings is 1. The van der Waals surface area contributed by atoms with Crippen LogP contribution in [0.4, 0.5) is 0 Å². The first-order valence-corrected chi connectivity index (χ1v) is 11.3. The number of aliphatic hydroxyl groups is 1. The summed E-state index contributed by atoms with van der Waals surface area (Å²) in [6, 6.07) is 13.1. The summed E-state index contributed by atoms with van der Waals surface area (Å²) in [5, 5.41) is 12.9. The van der Waals surface area contributed by atoms with Crippen LogP contribution in [-0.4, -0.2) is 79.6 Å². The summed E-state index contributed by atoms with van der Waals surface area (Å²) in [7, 11) is 0. The minimum atomic E-state index is -0.485. The summed E-state index contributed by atoms with van der Waals surface area (Å²) in [5.41, 5.74) is 1.17. The van der Waals surface area contributed by atoms with Gasteiger partial charge >= 0.3 is 0 Å². The first-order chi connectivity index (χ1) is 14.7. The van der Waals surface area contributed by atoms with Gasteiger partial charge in [-0.3, -0.25) is 9.80 Å². The fourth-order valence-electron chi connectivity index (χ4n) is 4.32. The van der Waals surface area contributed by atoms with E-state index in [-0.39, 0.29) is 0 Å². The van der Waals surface area contributed by atoms with Crippen molar-refractivity contribution >= 4 is 16.8 Å². The number of unbranched alkanes of at least 4 members (excludes halogenated alkanes) is 1. The summed E-state index contributed by atoms with van der Waals surface area (Å²) in [6.45, 7) is 8.96. The van der Waals surface area contributed by atoms with Gasteiger partial charge in [0.05, 0.1) is 13.2 Å². The van der Waals surface area contributed by atoms with Gasteiger partial charge in [-0.05, 0) is 34.9 Å². The van der Waals surface area contributed by atoms with E-state index in [1.54, 1.807) is 0 Å². The summed E-state index contributed by atoms with van der Waals surface area (Å²) in [6.07, 6.45) is 6.12. The standard InChI is InChI=1S/C25H34N2O3/c1-2-3-4-7-20-14-24(15-21-8-5-6-9-25(20)21)30-19-23(28)18-26-16-22(17-26)27-10-12-29-13-11-27/h4-9,14-15,22-23,28H,2-3,10-13,16-19H2,1H3/b7-4+. The minimum Gasteiger partial charge on any atom is -0.491 e. The van der Waals surface area contributed by atoms with Crippen LogP contribution in [0.25, 0.3) is 16.8 Å². The molecule has 2 aromatic carbocycles. The zero-order valence-electron chi connectivity index (χ0n) is 18.0. The lowest BCUT2D eigenvalue weighted by atomic mass is 10.0. The summed E-state index contributed by atoms with van der Waals surface area (Å²) in [5.74, 6) is 0.818. The van der Waals surface area contributed by atoms with Gasteiger partial charge in [0, 0.05) is 38.8 Å². The number of β-amino-alcohol motifs (C(OH)–C–C–N with tert-alkyl or cyclic N) is 1. The third kappa shape index (κ3) is 5.41.